The first kappa shape index (κ1) is 23.4. The van der Waals surface area contributed by atoms with E-state index in [0.717, 1.165) is 24.0 Å². The molecule has 2 aromatic rings. The fourth-order valence-corrected chi connectivity index (χ4v) is 6.24. The maximum atomic E-state index is 13.3. The van der Waals surface area contributed by atoms with Crippen LogP contribution in [-0.2, 0) is 14.3 Å². The molecule has 0 aromatic heterocycles. The van der Waals surface area contributed by atoms with Gasteiger partial charge < -0.3 is 20.1 Å². The number of carboxylic acid groups (broad SMARTS) is 1. The number of carbonyl (C=O) groups is 3. The van der Waals surface area contributed by atoms with E-state index in [-0.39, 0.29) is 37.4 Å². The molecule has 0 unspecified atom stereocenters. The predicted octanol–water partition coefficient (Wildman–Crippen LogP) is 4.26. The van der Waals surface area contributed by atoms with Gasteiger partial charge in [0.2, 0.25) is 5.91 Å². The van der Waals surface area contributed by atoms with Crippen LogP contribution in [0.4, 0.5) is 4.79 Å². The fraction of sp³-hybridized carbons (Fsp3) is 0.464. The third-order valence-electron chi connectivity index (χ3n) is 8.18. The van der Waals surface area contributed by atoms with E-state index in [2.05, 4.69) is 29.6 Å². The van der Waals surface area contributed by atoms with E-state index in [1.807, 2.05) is 24.3 Å². The zero-order valence-electron chi connectivity index (χ0n) is 20.3. The second-order valence-corrected chi connectivity index (χ2v) is 10.8. The van der Waals surface area contributed by atoms with Crippen LogP contribution in [-0.4, -0.2) is 54.2 Å². The highest BCUT2D eigenvalue weighted by atomic mass is 16.5. The third kappa shape index (κ3) is 3.97. The van der Waals surface area contributed by atoms with Gasteiger partial charge in [-0.1, -0.05) is 55.0 Å². The van der Waals surface area contributed by atoms with Crippen molar-refractivity contribution in [2.24, 2.45) is 16.7 Å². The van der Waals surface area contributed by atoms with Crippen LogP contribution >= 0.6 is 0 Å². The quantitative estimate of drug-likeness (QED) is 0.649. The van der Waals surface area contributed by atoms with Crippen LogP contribution in [0.5, 0.6) is 0 Å². The van der Waals surface area contributed by atoms with Crippen LogP contribution in [0.15, 0.2) is 48.5 Å². The highest BCUT2D eigenvalue weighted by Crippen LogP contribution is 2.49. The van der Waals surface area contributed by atoms with Crippen molar-refractivity contribution in [3.05, 3.63) is 59.7 Å². The molecule has 2 fully saturated rings. The van der Waals surface area contributed by atoms with Crippen molar-refractivity contribution >= 4 is 18.0 Å². The number of alkyl carbamates (subject to hydrolysis) is 1. The van der Waals surface area contributed by atoms with Gasteiger partial charge >= 0.3 is 12.1 Å². The monoisotopic (exact) mass is 476 g/mol. The number of nitrogens with zero attached hydrogens (tertiary/aromatic N) is 1. The lowest BCUT2D eigenvalue weighted by molar-refractivity contribution is -0.150. The van der Waals surface area contributed by atoms with Gasteiger partial charge in [0.05, 0.1) is 10.8 Å². The SMILES string of the molecule is CC(C)(CNC(=O)OCC1c2ccccc2-c2ccccc21)C(=O)N1C[C@@H]2CCC[C@]2(C(=O)O)C1. The summed E-state index contributed by atoms with van der Waals surface area (Å²) >= 11 is 0. The van der Waals surface area contributed by atoms with Gasteiger partial charge in [-0.25, -0.2) is 4.79 Å². The minimum Gasteiger partial charge on any atom is -0.481 e. The Hall–Kier alpha value is -3.35. The second-order valence-electron chi connectivity index (χ2n) is 10.8. The number of fused-ring (bicyclic) bond motifs is 4. The van der Waals surface area contributed by atoms with E-state index in [1.54, 1.807) is 18.7 Å². The Kier molecular flexibility index (Phi) is 5.82. The van der Waals surface area contributed by atoms with Gasteiger partial charge in [-0.2, -0.15) is 0 Å². The number of ether oxygens (including phenoxy) is 1. The Morgan fingerprint density at radius 1 is 1.09 bits per heavy atom. The topological polar surface area (TPSA) is 95.9 Å². The second kappa shape index (κ2) is 8.70. The fourth-order valence-electron chi connectivity index (χ4n) is 6.24. The van der Waals surface area contributed by atoms with Gasteiger partial charge in [0.25, 0.3) is 0 Å². The molecule has 1 heterocycles. The molecule has 3 aliphatic rings. The summed E-state index contributed by atoms with van der Waals surface area (Å²) in [6, 6.07) is 16.3. The number of likely N-dealkylation sites (tertiary alicyclic amines) is 1. The minimum atomic E-state index is -0.871. The number of hydrogen-bond acceptors (Lipinski definition) is 4. The summed E-state index contributed by atoms with van der Waals surface area (Å²) in [5.74, 6) is -0.954. The van der Waals surface area contributed by atoms with Crippen LogP contribution in [0.25, 0.3) is 11.1 Å². The van der Waals surface area contributed by atoms with E-state index in [1.165, 1.54) is 11.1 Å². The lowest BCUT2D eigenvalue weighted by Gasteiger charge is -2.30. The van der Waals surface area contributed by atoms with Gasteiger partial charge in [0.1, 0.15) is 6.61 Å². The van der Waals surface area contributed by atoms with Gasteiger partial charge in [-0.05, 0) is 54.9 Å². The molecule has 2 N–H and O–H groups in total. The number of amides is 2. The summed E-state index contributed by atoms with van der Waals surface area (Å²) in [5.41, 5.74) is 2.93. The smallest absolute Gasteiger partial charge is 0.407 e. The molecule has 35 heavy (non-hydrogen) atoms. The Morgan fingerprint density at radius 2 is 1.71 bits per heavy atom. The molecular formula is C28H32N2O5. The average molecular weight is 477 g/mol. The molecular weight excluding hydrogens is 444 g/mol. The third-order valence-corrected chi connectivity index (χ3v) is 8.18. The van der Waals surface area contributed by atoms with Crippen LogP contribution in [0.2, 0.25) is 0 Å². The zero-order chi connectivity index (χ0) is 24.8. The van der Waals surface area contributed by atoms with Crippen molar-refractivity contribution in [3.63, 3.8) is 0 Å². The average Bonchev–Trinajstić information content (AvgIpc) is 3.51. The summed E-state index contributed by atoms with van der Waals surface area (Å²) in [7, 11) is 0. The Morgan fingerprint density at radius 3 is 2.31 bits per heavy atom. The van der Waals surface area contributed by atoms with Crippen molar-refractivity contribution in [3.8, 4) is 11.1 Å². The van der Waals surface area contributed by atoms with Gasteiger partial charge in [0.15, 0.2) is 0 Å². The van der Waals surface area contributed by atoms with Gasteiger partial charge in [-0.3, -0.25) is 9.59 Å². The van der Waals surface area contributed by atoms with Crippen molar-refractivity contribution in [2.45, 2.75) is 39.0 Å². The van der Waals surface area contributed by atoms with Crippen molar-refractivity contribution in [1.29, 1.82) is 0 Å². The van der Waals surface area contributed by atoms with Gasteiger partial charge in [-0.15, -0.1) is 0 Å². The van der Waals surface area contributed by atoms with Crippen molar-refractivity contribution < 1.29 is 24.2 Å². The van der Waals surface area contributed by atoms with E-state index >= 15 is 0 Å². The maximum Gasteiger partial charge on any atom is 0.407 e. The van der Waals surface area contributed by atoms with E-state index in [4.69, 9.17) is 4.74 Å². The molecule has 7 nitrogen and oxygen atoms in total. The van der Waals surface area contributed by atoms with Crippen LogP contribution in [0.3, 0.4) is 0 Å². The first-order valence-corrected chi connectivity index (χ1v) is 12.3. The van der Waals surface area contributed by atoms with E-state index < -0.39 is 22.9 Å². The molecule has 0 spiro atoms. The molecule has 1 saturated heterocycles. The molecule has 2 aliphatic carbocycles. The number of carbonyl (C=O) groups excluding carboxylic acids is 2. The Labute approximate surface area is 205 Å². The van der Waals surface area contributed by atoms with Crippen molar-refractivity contribution in [2.75, 3.05) is 26.2 Å². The molecule has 2 atom stereocenters. The molecule has 7 heteroatoms. The number of aliphatic carboxylic acids is 1. The lowest BCUT2D eigenvalue weighted by Crippen LogP contribution is -2.47. The molecule has 1 aliphatic heterocycles. The molecule has 1 saturated carbocycles. The Balaban J connectivity index is 1.18. The lowest BCUT2D eigenvalue weighted by atomic mass is 9.81. The number of nitrogens with one attached hydrogen (secondary N) is 1. The van der Waals surface area contributed by atoms with Gasteiger partial charge in [0, 0.05) is 25.6 Å². The standard InChI is InChI=1S/C28H32N2O5/c1-27(2,24(31)30-14-18-8-7-13-28(18,17-30)25(32)33)16-29-26(34)35-15-23-21-11-5-3-9-19(21)20-10-4-6-12-22(20)23/h3-6,9-12,18,23H,7-8,13-17H2,1-2H3,(H,29,34)(H,32,33)/t18-,28-/m0/s1. The molecule has 2 aromatic carbocycles. The maximum absolute atomic E-state index is 13.3. The summed E-state index contributed by atoms with van der Waals surface area (Å²) in [5, 5.41) is 12.6. The molecule has 0 bridgehead atoms. The number of benzene rings is 2. The van der Waals surface area contributed by atoms with E-state index in [0.29, 0.717) is 13.0 Å². The first-order chi connectivity index (χ1) is 16.7. The highest BCUT2D eigenvalue weighted by molar-refractivity contribution is 5.85. The zero-order valence-corrected chi connectivity index (χ0v) is 20.3. The molecule has 0 radical (unpaired) electrons. The summed E-state index contributed by atoms with van der Waals surface area (Å²) in [4.78, 5) is 39.5. The normalized spacial score (nSPS) is 22.9. The van der Waals surface area contributed by atoms with Crippen LogP contribution < -0.4 is 5.32 Å². The number of hydrogen-bond donors (Lipinski definition) is 2. The number of rotatable bonds is 6. The highest BCUT2D eigenvalue weighted by Gasteiger charge is 2.56. The summed E-state index contributed by atoms with van der Waals surface area (Å²) < 4.78 is 5.60. The minimum absolute atomic E-state index is 0.00911. The predicted molar refractivity (Wildman–Crippen MR) is 131 cm³/mol. The summed E-state index contributed by atoms with van der Waals surface area (Å²) in [6.07, 6.45) is 1.79. The molecule has 5 rings (SSSR count). The molecule has 2 amide bonds. The Bertz CT molecular complexity index is 1130. The van der Waals surface area contributed by atoms with Crippen LogP contribution in [0.1, 0.15) is 50.2 Å². The van der Waals surface area contributed by atoms with E-state index in [9.17, 15) is 19.5 Å². The largest absolute Gasteiger partial charge is 0.481 e. The number of carboxylic acids is 1. The van der Waals surface area contributed by atoms with Crippen LogP contribution in [0, 0.1) is 16.7 Å². The molecule has 184 valence electrons. The van der Waals surface area contributed by atoms with Crippen molar-refractivity contribution in [1.82, 2.24) is 10.2 Å². The first-order valence-electron chi connectivity index (χ1n) is 12.3. The summed E-state index contributed by atoms with van der Waals surface area (Å²) in [6.45, 7) is 4.61.